The number of carboxylic acid groups (broad SMARTS) is 1. The molecule has 140 valence electrons. The summed E-state index contributed by atoms with van der Waals surface area (Å²) in [6.45, 7) is 0. The van der Waals surface area contributed by atoms with Crippen molar-refractivity contribution in [1.29, 1.82) is 0 Å². The highest BCUT2D eigenvalue weighted by Gasteiger charge is 2.19. The van der Waals surface area contributed by atoms with Gasteiger partial charge in [-0.05, 0) is 0 Å². The molecule has 0 spiro atoms. The van der Waals surface area contributed by atoms with Crippen LogP contribution < -0.4 is 11.1 Å². The van der Waals surface area contributed by atoms with Crippen molar-refractivity contribution in [3.63, 3.8) is 0 Å². The molecule has 2 N–H and O–H groups in total. The molecule has 0 saturated carbocycles. The first kappa shape index (κ1) is 18.7. The van der Waals surface area contributed by atoms with E-state index in [1.165, 1.54) is 0 Å². The van der Waals surface area contributed by atoms with E-state index >= 15 is 0 Å². The Morgan fingerprint density at radius 3 is 2.18 bits per heavy atom. The molecule has 0 bridgehead atoms. The van der Waals surface area contributed by atoms with Gasteiger partial charge in [0.25, 0.3) is 0 Å². The maximum atomic E-state index is 13.0. The number of aliphatic carboxylic acids is 1. The van der Waals surface area contributed by atoms with E-state index in [4.69, 9.17) is 5.11 Å². The van der Waals surface area contributed by atoms with Gasteiger partial charge in [0.15, 0.2) is 5.78 Å². The van der Waals surface area contributed by atoms with Crippen molar-refractivity contribution < 1.29 is 19.5 Å². The van der Waals surface area contributed by atoms with Gasteiger partial charge in [0, 0.05) is 17.3 Å². The van der Waals surface area contributed by atoms with E-state index < -0.39 is 29.8 Å². The van der Waals surface area contributed by atoms with Gasteiger partial charge < -0.3 is 5.11 Å². The van der Waals surface area contributed by atoms with Crippen LogP contribution in [0, 0.1) is 0 Å². The molecule has 0 saturated heterocycles. The molecule has 0 fully saturated rings. The van der Waals surface area contributed by atoms with Crippen LogP contribution >= 0.6 is 0 Å². The van der Waals surface area contributed by atoms with Crippen molar-refractivity contribution in [3.8, 4) is 11.3 Å². The maximum Gasteiger partial charge on any atom is 0.367 e. The lowest BCUT2D eigenvalue weighted by Crippen LogP contribution is -2.36. The number of amides is 1. The molecule has 0 atom stereocenters. The number of carbonyl (C=O) groups is 3. The first-order valence-corrected chi connectivity index (χ1v) is 8.26. The molecule has 2 aromatic carbocycles. The number of carbonyl (C=O) groups excluding carboxylic acids is 2. The molecule has 3 aromatic rings. The Morgan fingerprint density at radius 2 is 1.57 bits per heavy atom. The SMILES string of the molecule is O=C(O)CC(=O)Nn1cc(C(=O)c2ccccc2)c(-c2ccccc2)nc1=O. The van der Waals surface area contributed by atoms with Crippen LogP contribution in [0.3, 0.4) is 0 Å². The molecule has 8 heteroatoms. The zero-order chi connectivity index (χ0) is 20.1. The quantitative estimate of drug-likeness (QED) is 0.498. The van der Waals surface area contributed by atoms with Gasteiger partial charge in [-0.15, -0.1) is 0 Å². The average molecular weight is 377 g/mol. The summed E-state index contributed by atoms with van der Waals surface area (Å²) in [7, 11) is 0. The van der Waals surface area contributed by atoms with Crippen LogP contribution in [-0.2, 0) is 9.59 Å². The van der Waals surface area contributed by atoms with Crippen molar-refractivity contribution in [2.24, 2.45) is 0 Å². The Labute approximate surface area is 159 Å². The number of aromatic nitrogens is 2. The molecular formula is C20H15N3O5. The molecule has 8 nitrogen and oxygen atoms in total. The molecule has 1 amide bonds. The molecule has 3 rings (SSSR count). The molecular weight excluding hydrogens is 362 g/mol. The molecule has 28 heavy (non-hydrogen) atoms. The van der Waals surface area contributed by atoms with E-state index in [0.717, 1.165) is 6.20 Å². The van der Waals surface area contributed by atoms with Crippen LogP contribution in [0.25, 0.3) is 11.3 Å². The molecule has 0 radical (unpaired) electrons. The van der Waals surface area contributed by atoms with Gasteiger partial charge in [0.2, 0.25) is 5.91 Å². The Bertz CT molecular complexity index is 1090. The van der Waals surface area contributed by atoms with Crippen molar-refractivity contribution in [1.82, 2.24) is 9.66 Å². The van der Waals surface area contributed by atoms with E-state index in [2.05, 4.69) is 10.4 Å². The number of ketones is 1. The molecule has 0 aliphatic rings. The Morgan fingerprint density at radius 1 is 0.964 bits per heavy atom. The standard InChI is InChI=1S/C20H15N3O5/c24-16(11-17(25)26)22-23-12-15(19(27)14-9-5-2-6-10-14)18(21-20(23)28)13-7-3-1-4-8-13/h1-10,12H,11H2,(H,22,24)(H,25,26). The second-order valence-corrected chi connectivity index (χ2v) is 5.82. The zero-order valence-corrected chi connectivity index (χ0v) is 14.5. The number of hydrogen-bond donors (Lipinski definition) is 2. The summed E-state index contributed by atoms with van der Waals surface area (Å²) in [5.41, 5.74) is 2.49. The van der Waals surface area contributed by atoms with Gasteiger partial charge in [0.05, 0.1) is 11.3 Å². The lowest BCUT2D eigenvalue weighted by atomic mass is 9.99. The first-order valence-electron chi connectivity index (χ1n) is 8.26. The highest BCUT2D eigenvalue weighted by molar-refractivity contribution is 6.12. The highest BCUT2D eigenvalue weighted by atomic mass is 16.4. The maximum absolute atomic E-state index is 13.0. The van der Waals surface area contributed by atoms with Crippen LogP contribution in [0.4, 0.5) is 0 Å². The number of nitrogens with zero attached hydrogens (tertiary/aromatic N) is 2. The topological polar surface area (TPSA) is 118 Å². The van der Waals surface area contributed by atoms with Crippen molar-refractivity contribution in [2.75, 3.05) is 5.43 Å². The highest BCUT2D eigenvalue weighted by Crippen LogP contribution is 2.22. The van der Waals surface area contributed by atoms with Crippen LogP contribution in [0.5, 0.6) is 0 Å². The van der Waals surface area contributed by atoms with Gasteiger partial charge in [0.1, 0.15) is 6.42 Å². The van der Waals surface area contributed by atoms with Crippen LogP contribution in [0.1, 0.15) is 22.3 Å². The van der Waals surface area contributed by atoms with Gasteiger partial charge in [-0.2, -0.15) is 4.98 Å². The number of rotatable bonds is 6. The van der Waals surface area contributed by atoms with Gasteiger partial charge in [-0.3, -0.25) is 19.8 Å². The lowest BCUT2D eigenvalue weighted by Gasteiger charge is -2.12. The molecule has 1 heterocycles. The molecule has 0 unspecified atom stereocenters. The number of carboxylic acids is 1. The fraction of sp³-hybridized carbons (Fsp3) is 0.0500. The van der Waals surface area contributed by atoms with E-state index in [9.17, 15) is 19.2 Å². The third-order valence-corrected chi connectivity index (χ3v) is 3.81. The van der Waals surface area contributed by atoms with Gasteiger partial charge in [-0.1, -0.05) is 60.7 Å². The number of benzene rings is 2. The normalized spacial score (nSPS) is 10.3. The summed E-state index contributed by atoms with van der Waals surface area (Å²) in [6, 6.07) is 17.1. The predicted octanol–water partition coefficient (Wildman–Crippen LogP) is 1.69. The van der Waals surface area contributed by atoms with Crippen LogP contribution in [0.2, 0.25) is 0 Å². The summed E-state index contributed by atoms with van der Waals surface area (Å²) in [5, 5.41) is 8.70. The first-order chi connectivity index (χ1) is 13.5. The fourth-order valence-corrected chi connectivity index (χ4v) is 2.57. The second-order valence-electron chi connectivity index (χ2n) is 5.82. The lowest BCUT2D eigenvalue weighted by molar-refractivity contribution is -0.139. The smallest absolute Gasteiger partial charge is 0.367 e. The minimum Gasteiger partial charge on any atom is -0.481 e. The Kier molecular flexibility index (Phi) is 5.40. The van der Waals surface area contributed by atoms with E-state index in [-0.39, 0.29) is 11.3 Å². The van der Waals surface area contributed by atoms with Crippen molar-refractivity contribution >= 4 is 17.7 Å². The molecule has 0 aliphatic carbocycles. The Hall–Kier alpha value is -4.07. The van der Waals surface area contributed by atoms with E-state index in [1.54, 1.807) is 60.7 Å². The van der Waals surface area contributed by atoms with Gasteiger partial charge >= 0.3 is 11.7 Å². The third kappa shape index (κ3) is 4.18. The summed E-state index contributed by atoms with van der Waals surface area (Å²) in [4.78, 5) is 51.7. The summed E-state index contributed by atoms with van der Waals surface area (Å²) < 4.78 is 0.716. The Balaban J connectivity index is 2.11. The number of nitrogens with one attached hydrogen (secondary N) is 1. The summed E-state index contributed by atoms with van der Waals surface area (Å²) in [5.74, 6) is -2.66. The average Bonchev–Trinajstić information content (AvgIpc) is 2.69. The second kappa shape index (κ2) is 8.09. The summed E-state index contributed by atoms with van der Waals surface area (Å²) >= 11 is 0. The van der Waals surface area contributed by atoms with E-state index in [0.29, 0.717) is 15.8 Å². The van der Waals surface area contributed by atoms with Gasteiger partial charge in [-0.25, -0.2) is 9.47 Å². The number of hydrogen-bond acceptors (Lipinski definition) is 5. The van der Waals surface area contributed by atoms with Crippen LogP contribution in [-0.4, -0.2) is 32.4 Å². The summed E-state index contributed by atoms with van der Waals surface area (Å²) in [6.07, 6.45) is 0.335. The largest absolute Gasteiger partial charge is 0.481 e. The minimum absolute atomic E-state index is 0.0904. The van der Waals surface area contributed by atoms with Crippen molar-refractivity contribution in [2.45, 2.75) is 6.42 Å². The fourth-order valence-electron chi connectivity index (χ4n) is 2.57. The zero-order valence-electron chi connectivity index (χ0n) is 14.5. The third-order valence-electron chi connectivity index (χ3n) is 3.81. The van der Waals surface area contributed by atoms with E-state index in [1.807, 2.05) is 0 Å². The molecule has 1 aromatic heterocycles. The molecule has 0 aliphatic heterocycles. The van der Waals surface area contributed by atoms with Crippen LogP contribution in [0.15, 0.2) is 71.7 Å². The minimum atomic E-state index is -1.35. The predicted molar refractivity (Wildman–Crippen MR) is 100 cm³/mol. The van der Waals surface area contributed by atoms with Crippen molar-refractivity contribution in [3.05, 3.63) is 88.5 Å². The monoisotopic (exact) mass is 377 g/mol.